The molecule has 50 valence electrons. The molecule has 4 nitrogen and oxygen atoms in total. The monoisotopic (exact) mass is 146 g/mol. The molecule has 0 aliphatic rings. The summed E-state index contributed by atoms with van der Waals surface area (Å²) in [4.78, 5) is 6.38. The van der Waals surface area contributed by atoms with Crippen LogP contribution < -0.4 is 4.84 Å². The molecule has 0 spiro atoms. The van der Waals surface area contributed by atoms with E-state index >= 15 is 0 Å². The van der Waals surface area contributed by atoms with Crippen molar-refractivity contribution in [3.05, 3.63) is 12.2 Å². The number of halogens is 1. The molecular weight excluding hydrogens is 140 g/mol. The Hall–Kier alpha value is -0.610. The zero-order chi connectivity index (χ0) is 6.53. The number of nitrogens with zero attached hydrogens (tertiary/aromatic N) is 2. The standard InChI is InChI=1S/C4H7ClN4/c5-7-2-1-4-6-3-8-9-4/h3,7H,1-2H2,(H,6,8,9). The van der Waals surface area contributed by atoms with Gasteiger partial charge in [0.25, 0.3) is 0 Å². The largest absolute Gasteiger partial charge is 0.263 e. The molecule has 1 rings (SSSR count). The van der Waals surface area contributed by atoms with Gasteiger partial charge in [0.1, 0.15) is 12.2 Å². The van der Waals surface area contributed by atoms with Gasteiger partial charge in [0.2, 0.25) is 0 Å². The molecule has 1 aromatic rings. The number of aromatic amines is 1. The van der Waals surface area contributed by atoms with Crippen LogP contribution in [0.2, 0.25) is 0 Å². The van der Waals surface area contributed by atoms with Crippen molar-refractivity contribution in [2.45, 2.75) is 6.42 Å². The lowest BCUT2D eigenvalue weighted by molar-refractivity contribution is 0.834. The Morgan fingerprint density at radius 3 is 3.22 bits per heavy atom. The molecule has 1 heterocycles. The van der Waals surface area contributed by atoms with Crippen molar-refractivity contribution in [2.24, 2.45) is 0 Å². The molecule has 1 aromatic heterocycles. The van der Waals surface area contributed by atoms with Gasteiger partial charge in [-0.25, -0.2) is 9.82 Å². The summed E-state index contributed by atoms with van der Waals surface area (Å²) in [6.45, 7) is 0.705. The Bertz CT molecular complexity index is 150. The molecule has 0 bridgehead atoms. The Morgan fingerprint density at radius 1 is 1.78 bits per heavy atom. The molecule has 0 atom stereocenters. The maximum absolute atomic E-state index is 5.21. The van der Waals surface area contributed by atoms with E-state index in [0.29, 0.717) is 6.54 Å². The van der Waals surface area contributed by atoms with Crippen molar-refractivity contribution in [2.75, 3.05) is 6.54 Å². The van der Waals surface area contributed by atoms with Gasteiger partial charge in [0.15, 0.2) is 0 Å². The minimum atomic E-state index is 0.705. The fourth-order valence-electron chi connectivity index (χ4n) is 0.517. The molecule has 0 aliphatic heterocycles. The zero-order valence-corrected chi connectivity index (χ0v) is 5.52. The number of aromatic nitrogens is 3. The molecule has 0 aromatic carbocycles. The average molecular weight is 147 g/mol. The van der Waals surface area contributed by atoms with Gasteiger partial charge in [0.05, 0.1) is 0 Å². The Kier molecular flexibility index (Phi) is 2.48. The predicted molar refractivity (Wildman–Crippen MR) is 33.9 cm³/mol. The topological polar surface area (TPSA) is 53.6 Å². The first-order valence-electron chi connectivity index (χ1n) is 2.61. The Labute approximate surface area is 57.7 Å². The summed E-state index contributed by atoms with van der Waals surface area (Å²) in [7, 11) is 0. The van der Waals surface area contributed by atoms with Crippen LogP contribution in [0.5, 0.6) is 0 Å². The molecule has 5 heteroatoms. The van der Waals surface area contributed by atoms with Crippen LogP contribution >= 0.6 is 11.8 Å². The quantitative estimate of drug-likeness (QED) is 0.595. The maximum atomic E-state index is 5.21. The number of H-pyrrole nitrogens is 1. The van der Waals surface area contributed by atoms with Crippen molar-refractivity contribution in [3.8, 4) is 0 Å². The fourth-order valence-corrected chi connectivity index (χ4v) is 0.611. The van der Waals surface area contributed by atoms with Crippen molar-refractivity contribution >= 4 is 11.8 Å². The Balaban J connectivity index is 2.30. The molecular formula is C4H7ClN4. The summed E-state index contributed by atoms with van der Waals surface area (Å²) in [5.41, 5.74) is 0. The first-order chi connectivity index (χ1) is 4.43. The lowest BCUT2D eigenvalue weighted by atomic mass is 10.4. The highest BCUT2D eigenvalue weighted by molar-refractivity contribution is 6.13. The van der Waals surface area contributed by atoms with Gasteiger partial charge < -0.3 is 0 Å². The van der Waals surface area contributed by atoms with E-state index < -0.39 is 0 Å². The highest BCUT2D eigenvalue weighted by atomic mass is 35.5. The van der Waals surface area contributed by atoms with E-state index in [1.54, 1.807) is 0 Å². The average Bonchev–Trinajstić information content (AvgIpc) is 2.34. The number of nitrogens with one attached hydrogen (secondary N) is 2. The molecule has 0 saturated carbocycles. The van der Waals surface area contributed by atoms with Gasteiger partial charge in [-0.1, -0.05) is 0 Å². The summed E-state index contributed by atoms with van der Waals surface area (Å²) in [6, 6.07) is 0. The van der Waals surface area contributed by atoms with Crippen LogP contribution in [-0.2, 0) is 6.42 Å². The molecule has 0 amide bonds. The normalized spacial score (nSPS) is 9.89. The second kappa shape index (κ2) is 3.42. The minimum Gasteiger partial charge on any atom is -0.263 e. The lowest BCUT2D eigenvalue weighted by Gasteiger charge is -1.89. The second-order valence-corrected chi connectivity index (χ2v) is 1.83. The van der Waals surface area contributed by atoms with E-state index in [2.05, 4.69) is 20.0 Å². The lowest BCUT2D eigenvalue weighted by Crippen LogP contribution is -2.05. The molecule has 0 fully saturated rings. The molecule has 0 saturated heterocycles. The number of rotatable bonds is 3. The van der Waals surface area contributed by atoms with E-state index in [1.807, 2.05) is 0 Å². The highest BCUT2D eigenvalue weighted by Gasteiger charge is 1.91. The summed E-state index contributed by atoms with van der Waals surface area (Å²) in [6.07, 6.45) is 2.26. The van der Waals surface area contributed by atoms with Gasteiger partial charge in [-0.3, -0.25) is 5.10 Å². The van der Waals surface area contributed by atoms with Crippen LogP contribution in [0.4, 0.5) is 0 Å². The van der Waals surface area contributed by atoms with E-state index in [0.717, 1.165) is 12.2 Å². The zero-order valence-electron chi connectivity index (χ0n) is 4.76. The maximum Gasteiger partial charge on any atom is 0.137 e. The van der Waals surface area contributed by atoms with E-state index in [1.165, 1.54) is 6.33 Å². The highest BCUT2D eigenvalue weighted by Crippen LogP contribution is 1.84. The summed E-state index contributed by atoms with van der Waals surface area (Å²) >= 11 is 5.21. The van der Waals surface area contributed by atoms with Gasteiger partial charge in [0, 0.05) is 13.0 Å². The third kappa shape index (κ3) is 1.99. The van der Waals surface area contributed by atoms with Gasteiger partial charge >= 0.3 is 0 Å². The van der Waals surface area contributed by atoms with Gasteiger partial charge in [-0.2, -0.15) is 5.10 Å². The smallest absolute Gasteiger partial charge is 0.137 e. The van der Waals surface area contributed by atoms with Crippen LogP contribution in [0, 0.1) is 0 Å². The van der Waals surface area contributed by atoms with Gasteiger partial charge in [-0.05, 0) is 11.8 Å². The third-order valence-corrected chi connectivity index (χ3v) is 1.11. The van der Waals surface area contributed by atoms with Crippen molar-refractivity contribution in [3.63, 3.8) is 0 Å². The van der Waals surface area contributed by atoms with Crippen LogP contribution in [-0.4, -0.2) is 21.7 Å². The summed E-state index contributed by atoms with van der Waals surface area (Å²) in [5, 5.41) is 6.38. The van der Waals surface area contributed by atoms with Crippen molar-refractivity contribution in [1.82, 2.24) is 20.0 Å². The predicted octanol–water partition coefficient (Wildman–Crippen LogP) is 0.0906. The number of hydrogen-bond donors (Lipinski definition) is 2. The molecule has 0 aliphatic carbocycles. The number of hydrogen-bond acceptors (Lipinski definition) is 3. The molecule has 2 N–H and O–H groups in total. The third-order valence-electron chi connectivity index (χ3n) is 0.921. The SMILES string of the molecule is ClNCCc1ncn[nH]1. The van der Waals surface area contributed by atoms with E-state index in [9.17, 15) is 0 Å². The van der Waals surface area contributed by atoms with Crippen LogP contribution in [0.15, 0.2) is 6.33 Å². The van der Waals surface area contributed by atoms with E-state index in [4.69, 9.17) is 11.8 Å². The Morgan fingerprint density at radius 2 is 2.67 bits per heavy atom. The fraction of sp³-hybridized carbons (Fsp3) is 0.500. The van der Waals surface area contributed by atoms with Gasteiger partial charge in [-0.15, -0.1) is 0 Å². The summed E-state index contributed by atoms with van der Waals surface area (Å²) < 4.78 is 0. The van der Waals surface area contributed by atoms with Crippen molar-refractivity contribution in [1.29, 1.82) is 0 Å². The summed E-state index contributed by atoms with van der Waals surface area (Å²) in [5.74, 6) is 0.850. The van der Waals surface area contributed by atoms with Crippen LogP contribution in [0.25, 0.3) is 0 Å². The van der Waals surface area contributed by atoms with Crippen LogP contribution in [0.3, 0.4) is 0 Å². The van der Waals surface area contributed by atoms with E-state index in [-0.39, 0.29) is 0 Å². The minimum absolute atomic E-state index is 0.705. The molecule has 9 heavy (non-hydrogen) atoms. The first kappa shape index (κ1) is 6.51. The first-order valence-corrected chi connectivity index (χ1v) is 2.99. The van der Waals surface area contributed by atoms with Crippen molar-refractivity contribution < 1.29 is 0 Å². The second-order valence-electron chi connectivity index (χ2n) is 1.57. The molecule has 0 radical (unpaired) electrons. The molecule has 0 unspecified atom stereocenters. The van der Waals surface area contributed by atoms with Crippen LogP contribution in [0.1, 0.15) is 5.82 Å².